The van der Waals surface area contributed by atoms with Crippen molar-refractivity contribution >= 4 is 11.3 Å². The van der Waals surface area contributed by atoms with Crippen molar-refractivity contribution in [2.45, 2.75) is 13.2 Å². The summed E-state index contributed by atoms with van der Waals surface area (Å²) in [5, 5.41) is 2.14. The van der Waals surface area contributed by atoms with Crippen molar-refractivity contribution in [3.05, 3.63) is 46.8 Å². The van der Waals surface area contributed by atoms with Crippen LogP contribution in [0.4, 0.5) is 0 Å². The summed E-state index contributed by atoms with van der Waals surface area (Å²) in [6.45, 7) is 1.48. The van der Waals surface area contributed by atoms with E-state index < -0.39 is 0 Å². The van der Waals surface area contributed by atoms with E-state index in [1.165, 1.54) is 21.6 Å². The van der Waals surface area contributed by atoms with Crippen LogP contribution in [0.2, 0.25) is 0 Å². The molecule has 0 bridgehead atoms. The van der Waals surface area contributed by atoms with Crippen molar-refractivity contribution in [2.24, 2.45) is 0 Å². The fourth-order valence-corrected chi connectivity index (χ4v) is 2.80. The Morgan fingerprint density at radius 1 is 1.00 bits per heavy atom. The molecule has 2 heteroatoms. The molecule has 2 aromatic rings. The van der Waals surface area contributed by atoms with Crippen molar-refractivity contribution in [3.63, 3.8) is 0 Å². The minimum Gasteiger partial charge on any atom is -0.372 e. The molecule has 0 radical (unpaired) electrons. The van der Waals surface area contributed by atoms with E-state index >= 15 is 0 Å². The molecule has 0 amide bonds. The smallest absolute Gasteiger partial charge is 0.0735 e. The van der Waals surface area contributed by atoms with Crippen LogP contribution in [-0.2, 0) is 18.0 Å². The molecular weight excluding hydrogens is 192 g/mol. The largest absolute Gasteiger partial charge is 0.372 e. The van der Waals surface area contributed by atoms with Crippen LogP contribution in [0.3, 0.4) is 0 Å². The summed E-state index contributed by atoms with van der Waals surface area (Å²) in [7, 11) is 0. The first-order chi connectivity index (χ1) is 6.95. The second-order valence-corrected chi connectivity index (χ2v) is 4.34. The van der Waals surface area contributed by atoms with Crippen LogP contribution >= 0.6 is 11.3 Å². The molecule has 0 atom stereocenters. The summed E-state index contributed by atoms with van der Waals surface area (Å²) < 4.78 is 5.61. The molecule has 1 nitrogen and oxygen atoms in total. The van der Waals surface area contributed by atoms with E-state index in [0.717, 1.165) is 13.2 Å². The Labute approximate surface area is 87.0 Å². The lowest BCUT2D eigenvalue weighted by Gasteiger charge is -2.03. The number of hydrogen-bond donors (Lipinski definition) is 0. The molecule has 0 aliphatic carbocycles. The first-order valence-electron chi connectivity index (χ1n) is 4.67. The Hall–Kier alpha value is -1.12. The van der Waals surface area contributed by atoms with Crippen LogP contribution in [0.5, 0.6) is 0 Å². The van der Waals surface area contributed by atoms with Crippen LogP contribution in [0.25, 0.3) is 10.4 Å². The van der Waals surface area contributed by atoms with Gasteiger partial charge in [-0.1, -0.05) is 24.3 Å². The average molecular weight is 202 g/mol. The van der Waals surface area contributed by atoms with Crippen molar-refractivity contribution in [1.82, 2.24) is 0 Å². The van der Waals surface area contributed by atoms with Gasteiger partial charge >= 0.3 is 0 Å². The highest BCUT2D eigenvalue weighted by Gasteiger charge is 2.14. The zero-order valence-electron chi connectivity index (χ0n) is 7.69. The maximum Gasteiger partial charge on any atom is 0.0735 e. The van der Waals surface area contributed by atoms with Gasteiger partial charge in [0.2, 0.25) is 0 Å². The molecule has 1 aromatic heterocycles. The maximum absolute atomic E-state index is 5.61. The fourth-order valence-electron chi connectivity index (χ4n) is 1.82. The van der Waals surface area contributed by atoms with Crippen LogP contribution in [0.15, 0.2) is 35.7 Å². The van der Waals surface area contributed by atoms with Gasteiger partial charge in [-0.3, -0.25) is 0 Å². The zero-order valence-corrected chi connectivity index (χ0v) is 8.51. The van der Waals surface area contributed by atoms with E-state index in [2.05, 4.69) is 35.7 Å². The molecule has 0 saturated carbocycles. The predicted molar refractivity (Wildman–Crippen MR) is 58.2 cm³/mol. The molecule has 0 unspecified atom stereocenters. The molecule has 1 aromatic carbocycles. The summed E-state index contributed by atoms with van der Waals surface area (Å²) in [5.74, 6) is 0. The molecule has 14 heavy (non-hydrogen) atoms. The Bertz CT molecular complexity index is 459. The van der Waals surface area contributed by atoms with Gasteiger partial charge in [0, 0.05) is 4.88 Å². The first-order valence-corrected chi connectivity index (χ1v) is 5.55. The van der Waals surface area contributed by atoms with E-state index in [1.54, 1.807) is 11.3 Å². The topological polar surface area (TPSA) is 9.23 Å². The standard InChI is InChI=1S/C12H10OS/c1-2-4-11-9(3-1)7-13-8-10-5-6-14-12(10)11/h1-6H,7-8H2. The third kappa shape index (κ3) is 1.19. The minimum atomic E-state index is 0.734. The second kappa shape index (κ2) is 3.23. The van der Waals surface area contributed by atoms with Crippen LogP contribution in [0, 0.1) is 0 Å². The number of rotatable bonds is 0. The highest BCUT2D eigenvalue weighted by molar-refractivity contribution is 7.13. The summed E-state index contributed by atoms with van der Waals surface area (Å²) in [6.07, 6.45) is 0. The molecule has 0 fully saturated rings. The first kappa shape index (κ1) is 8.21. The van der Waals surface area contributed by atoms with Gasteiger partial charge in [0.15, 0.2) is 0 Å². The van der Waals surface area contributed by atoms with Gasteiger partial charge in [-0.2, -0.15) is 0 Å². The molecule has 0 N–H and O–H groups in total. The van der Waals surface area contributed by atoms with Crippen LogP contribution in [0.1, 0.15) is 11.1 Å². The fraction of sp³-hybridized carbons (Fsp3) is 0.167. The van der Waals surface area contributed by atoms with E-state index in [9.17, 15) is 0 Å². The zero-order chi connectivity index (χ0) is 9.38. The van der Waals surface area contributed by atoms with Gasteiger partial charge in [-0.25, -0.2) is 0 Å². The normalized spacial score (nSPS) is 14.3. The van der Waals surface area contributed by atoms with Crippen molar-refractivity contribution in [3.8, 4) is 10.4 Å². The molecular formula is C12H10OS. The summed E-state index contributed by atoms with van der Waals surface area (Å²) >= 11 is 1.80. The van der Waals surface area contributed by atoms with Crippen molar-refractivity contribution < 1.29 is 4.74 Å². The summed E-state index contributed by atoms with van der Waals surface area (Å²) in [4.78, 5) is 1.37. The van der Waals surface area contributed by atoms with E-state index in [-0.39, 0.29) is 0 Å². The number of ether oxygens (including phenoxy) is 1. The number of thiophene rings is 1. The quantitative estimate of drug-likeness (QED) is 0.635. The molecule has 1 aliphatic heterocycles. The van der Waals surface area contributed by atoms with Gasteiger partial charge in [-0.05, 0) is 28.1 Å². The Kier molecular flexibility index (Phi) is 1.89. The van der Waals surface area contributed by atoms with Gasteiger partial charge in [-0.15, -0.1) is 11.3 Å². The lowest BCUT2D eigenvalue weighted by molar-refractivity contribution is 0.110. The third-order valence-corrected chi connectivity index (χ3v) is 3.51. The van der Waals surface area contributed by atoms with Crippen molar-refractivity contribution in [2.75, 3.05) is 0 Å². The molecule has 0 saturated heterocycles. The van der Waals surface area contributed by atoms with Gasteiger partial charge < -0.3 is 4.74 Å². The minimum absolute atomic E-state index is 0.734. The average Bonchev–Trinajstić information content (AvgIpc) is 2.61. The monoisotopic (exact) mass is 202 g/mol. The Morgan fingerprint density at radius 2 is 1.86 bits per heavy atom. The van der Waals surface area contributed by atoms with E-state index in [4.69, 9.17) is 4.74 Å². The molecule has 1 aliphatic rings. The Morgan fingerprint density at radius 3 is 2.86 bits per heavy atom. The third-order valence-electron chi connectivity index (χ3n) is 2.52. The SMILES string of the molecule is c1ccc2c(c1)COCc1ccsc1-2. The lowest BCUT2D eigenvalue weighted by Crippen LogP contribution is -1.89. The van der Waals surface area contributed by atoms with Gasteiger partial charge in [0.05, 0.1) is 13.2 Å². The number of hydrogen-bond acceptors (Lipinski definition) is 2. The maximum atomic E-state index is 5.61. The summed E-state index contributed by atoms with van der Waals surface area (Å²) in [5.41, 5.74) is 3.96. The van der Waals surface area contributed by atoms with Crippen LogP contribution in [-0.4, -0.2) is 0 Å². The lowest BCUT2D eigenvalue weighted by atomic mass is 10.1. The predicted octanol–water partition coefficient (Wildman–Crippen LogP) is 3.45. The Balaban J connectivity index is 2.27. The van der Waals surface area contributed by atoms with Crippen molar-refractivity contribution in [1.29, 1.82) is 0 Å². The second-order valence-electron chi connectivity index (χ2n) is 3.42. The molecule has 3 rings (SSSR count). The number of fused-ring (bicyclic) bond motifs is 3. The van der Waals surface area contributed by atoms with Gasteiger partial charge in [0.25, 0.3) is 0 Å². The summed E-state index contributed by atoms with van der Waals surface area (Å²) in [6, 6.07) is 10.6. The van der Waals surface area contributed by atoms with Gasteiger partial charge in [0.1, 0.15) is 0 Å². The molecule has 0 spiro atoms. The highest BCUT2D eigenvalue weighted by Crippen LogP contribution is 2.35. The van der Waals surface area contributed by atoms with E-state index in [1.807, 2.05) is 0 Å². The molecule has 2 heterocycles. The molecule has 70 valence electrons. The highest BCUT2D eigenvalue weighted by atomic mass is 32.1. The van der Waals surface area contributed by atoms with E-state index in [0.29, 0.717) is 0 Å². The van der Waals surface area contributed by atoms with Crippen LogP contribution < -0.4 is 0 Å². The number of benzene rings is 1.